The largest absolute Gasteiger partial charge is 0.507 e. The zero-order valence-corrected chi connectivity index (χ0v) is 19.6. The number of carbonyl (C=O) groups excluding carboxylic acids is 1. The highest BCUT2D eigenvalue weighted by molar-refractivity contribution is 5.92. The van der Waals surface area contributed by atoms with Gasteiger partial charge in [0, 0.05) is 25.3 Å². The van der Waals surface area contributed by atoms with Crippen LogP contribution < -0.4 is 10.1 Å². The van der Waals surface area contributed by atoms with E-state index >= 15 is 0 Å². The highest BCUT2D eigenvalue weighted by Crippen LogP contribution is 2.38. The third-order valence-electron chi connectivity index (χ3n) is 6.10. The van der Waals surface area contributed by atoms with Gasteiger partial charge in [-0.25, -0.2) is 0 Å². The van der Waals surface area contributed by atoms with E-state index in [1.165, 1.54) is 18.4 Å². The maximum absolute atomic E-state index is 12.6. The Morgan fingerprint density at radius 2 is 1.85 bits per heavy atom. The quantitative estimate of drug-likeness (QED) is 0.571. The van der Waals surface area contributed by atoms with E-state index in [2.05, 4.69) is 46.4 Å². The molecule has 0 atom stereocenters. The van der Waals surface area contributed by atoms with Crippen molar-refractivity contribution in [3.63, 3.8) is 0 Å². The number of hydrogen-bond acceptors (Lipinski definition) is 6. The molecule has 2 heterocycles. The fourth-order valence-corrected chi connectivity index (χ4v) is 4.30. The number of nitrogens with one attached hydrogen (secondary N) is 1. The summed E-state index contributed by atoms with van der Waals surface area (Å²) in [7, 11) is 3.14. The first-order valence-corrected chi connectivity index (χ1v) is 11.3. The van der Waals surface area contributed by atoms with Crippen molar-refractivity contribution in [2.45, 2.75) is 39.2 Å². The Hall–Kier alpha value is -3.39. The normalized spacial score (nSPS) is 14.1. The molecule has 2 N–H and O–H groups in total. The second-order valence-corrected chi connectivity index (χ2v) is 8.68. The molecular weight excluding hydrogens is 418 g/mol. The third-order valence-corrected chi connectivity index (χ3v) is 6.10. The molecule has 0 radical (unpaired) electrons. The van der Waals surface area contributed by atoms with Crippen LogP contribution in [-0.4, -0.2) is 57.9 Å². The molecule has 8 nitrogen and oxygen atoms in total. The van der Waals surface area contributed by atoms with Gasteiger partial charge in [0.15, 0.2) is 5.82 Å². The maximum atomic E-state index is 12.6. The average molecular weight is 450 g/mol. The molecule has 0 unspecified atom stereocenters. The van der Waals surface area contributed by atoms with Crippen LogP contribution in [0.4, 0.5) is 0 Å². The molecule has 0 aliphatic carbocycles. The Bertz CT molecular complexity index is 1130. The molecule has 1 aliphatic rings. The van der Waals surface area contributed by atoms with Gasteiger partial charge in [-0.05, 0) is 61.2 Å². The van der Waals surface area contributed by atoms with Crippen LogP contribution >= 0.6 is 0 Å². The van der Waals surface area contributed by atoms with Crippen molar-refractivity contribution in [3.8, 4) is 28.6 Å². The molecular formula is C25H31N5O3. The van der Waals surface area contributed by atoms with Crippen molar-refractivity contribution in [3.05, 3.63) is 53.3 Å². The molecule has 1 aliphatic heterocycles. The predicted octanol–water partition coefficient (Wildman–Crippen LogP) is 3.73. The minimum Gasteiger partial charge on any atom is -0.507 e. The topological polar surface area (TPSA) is 92.5 Å². The van der Waals surface area contributed by atoms with Gasteiger partial charge in [-0.3, -0.25) is 14.3 Å². The van der Waals surface area contributed by atoms with Crippen LogP contribution in [-0.2, 0) is 6.54 Å². The van der Waals surface area contributed by atoms with E-state index in [0.29, 0.717) is 17.1 Å². The van der Waals surface area contributed by atoms with Crippen LogP contribution in [0.3, 0.4) is 0 Å². The van der Waals surface area contributed by atoms with Crippen LogP contribution in [0, 0.1) is 0 Å². The summed E-state index contributed by atoms with van der Waals surface area (Å²) in [5, 5.41) is 21.9. The lowest BCUT2D eigenvalue weighted by atomic mass is 9.98. The number of amides is 1. The number of aromatic hydroxyl groups is 1. The molecule has 0 spiro atoms. The Balaban J connectivity index is 1.80. The number of rotatable bonds is 7. The number of likely N-dealkylation sites (tertiary alicyclic amines) is 1. The summed E-state index contributed by atoms with van der Waals surface area (Å²) in [5.74, 6) is 0.976. The second-order valence-electron chi connectivity index (χ2n) is 8.68. The van der Waals surface area contributed by atoms with Crippen molar-refractivity contribution >= 4 is 5.91 Å². The molecule has 174 valence electrons. The number of phenolic OH excluding ortho intramolecular Hbond substituents is 1. The number of nitrogens with zero attached hydrogens (tertiary/aromatic N) is 4. The fraction of sp³-hybridized carbons (Fsp3) is 0.400. The first kappa shape index (κ1) is 22.8. The van der Waals surface area contributed by atoms with Gasteiger partial charge in [-0.1, -0.05) is 26.0 Å². The van der Waals surface area contributed by atoms with Crippen LogP contribution in [0.2, 0.25) is 0 Å². The Kier molecular flexibility index (Phi) is 6.65. The number of ether oxygens (including phenoxy) is 1. The average Bonchev–Trinajstić information content (AvgIpc) is 3.49. The number of carbonyl (C=O) groups is 1. The molecule has 1 aromatic heterocycles. The van der Waals surface area contributed by atoms with Crippen LogP contribution in [0.15, 0.2) is 36.4 Å². The highest BCUT2D eigenvalue weighted by atomic mass is 16.5. The van der Waals surface area contributed by atoms with Gasteiger partial charge in [-0.15, -0.1) is 10.2 Å². The SMILES string of the molecule is CNC(=O)c1nnc(-c2cc(C(C)C)c(OC)cc2O)n1-c1ccc(CN2CCCC2)cc1. The maximum Gasteiger partial charge on any atom is 0.289 e. The molecule has 2 aromatic carbocycles. The first-order valence-electron chi connectivity index (χ1n) is 11.3. The van der Waals surface area contributed by atoms with E-state index < -0.39 is 0 Å². The van der Waals surface area contributed by atoms with Crippen LogP contribution in [0.5, 0.6) is 11.5 Å². The Morgan fingerprint density at radius 1 is 1.15 bits per heavy atom. The predicted molar refractivity (Wildman–Crippen MR) is 127 cm³/mol. The Morgan fingerprint density at radius 3 is 2.45 bits per heavy atom. The van der Waals surface area contributed by atoms with Crippen LogP contribution in [0.25, 0.3) is 17.1 Å². The summed E-state index contributed by atoms with van der Waals surface area (Å²) in [6.07, 6.45) is 2.50. The second kappa shape index (κ2) is 9.62. The van der Waals surface area contributed by atoms with Gasteiger partial charge in [0.2, 0.25) is 5.82 Å². The number of aromatic nitrogens is 3. The lowest BCUT2D eigenvalue weighted by Crippen LogP contribution is -2.22. The molecule has 3 aromatic rings. The molecule has 1 saturated heterocycles. The van der Waals surface area contributed by atoms with Gasteiger partial charge in [0.25, 0.3) is 5.91 Å². The molecule has 8 heteroatoms. The number of benzene rings is 2. The van der Waals surface area contributed by atoms with Crippen molar-refractivity contribution in [2.24, 2.45) is 0 Å². The van der Waals surface area contributed by atoms with Gasteiger partial charge in [0.1, 0.15) is 11.5 Å². The minimum absolute atomic E-state index is 0.0130. The van der Waals surface area contributed by atoms with E-state index in [1.54, 1.807) is 24.8 Å². The van der Waals surface area contributed by atoms with E-state index in [1.807, 2.05) is 18.2 Å². The van der Waals surface area contributed by atoms with E-state index in [-0.39, 0.29) is 23.4 Å². The minimum atomic E-state index is -0.355. The van der Waals surface area contributed by atoms with Gasteiger partial charge < -0.3 is 15.2 Å². The summed E-state index contributed by atoms with van der Waals surface area (Å²) in [5.41, 5.74) is 3.39. The standard InChI is InChI=1S/C25H31N5O3/c1-16(2)19-13-20(21(31)14-22(19)33-4)23-27-28-24(25(32)26-3)30(23)18-9-7-17(8-10-18)15-29-11-5-6-12-29/h7-10,13-14,16,31H,5-6,11-12,15H2,1-4H3,(H,26,32). The molecule has 0 saturated carbocycles. The van der Waals surface area contributed by atoms with Gasteiger partial charge in [-0.2, -0.15) is 0 Å². The number of phenols is 1. The summed E-state index contributed by atoms with van der Waals surface area (Å²) in [4.78, 5) is 15.0. The zero-order chi connectivity index (χ0) is 23.5. The van der Waals surface area contributed by atoms with Gasteiger partial charge >= 0.3 is 0 Å². The monoisotopic (exact) mass is 449 g/mol. The number of methoxy groups -OCH3 is 1. The molecule has 33 heavy (non-hydrogen) atoms. The smallest absolute Gasteiger partial charge is 0.289 e. The summed E-state index contributed by atoms with van der Waals surface area (Å²) >= 11 is 0. The molecule has 4 rings (SSSR count). The lowest BCUT2D eigenvalue weighted by Gasteiger charge is -2.17. The lowest BCUT2D eigenvalue weighted by molar-refractivity contribution is 0.0951. The van der Waals surface area contributed by atoms with Crippen molar-refractivity contribution in [1.29, 1.82) is 0 Å². The van der Waals surface area contributed by atoms with Crippen molar-refractivity contribution in [1.82, 2.24) is 25.0 Å². The fourth-order valence-electron chi connectivity index (χ4n) is 4.30. The summed E-state index contributed by atoms with van der Waals surface area (Å²) in [6, 6.07) is 11.5. The van der Waals surface area contributed by atoms with Crippen molar-refractivity contribution < 1.29 is 14.6 Å². The van der Waals surface area contributed by atoms with E-state index in [9.17, 15) is 9.90 Å². The van der Waals surface area contributed by atoms with Crippen molar-refractivity contribution in [2.75, 3.05) is 27.2 Å². The molecule has 1 fully saturated rings. The van der Waals surface area contributed by atoms with Gasteiger partial charge in [0.05, 0.1) is 12.7 Å². The van der Waals surface area contributed by atoms with E-state index in [4.69, 9.17) is 4.74 Å². The number of hydrogen-bond donors (Lipinski definition) is 2. The highest BCUT2D eigenvalue weighted by Gasteiger charge is 2.24. The summed E-state index contributed by atoms with van der Waals surface area (Å²) in [6.45, 7) is 7.28. The Labute approximate surface area is 194 Å². The van der Waals surface area contributed by atoms with E-state index in [0.717, 1.165) is 30.9 Å². The molecule has 0 bridgehead atoms. The zero-order valence-electron chi connectivity index (χ0n) is 19.6. The third kappa shape index (κ3) is 4.57. The van der Waals surface area contributed by atoms with Crippen LogP contribution in [0.1, 0.15) is 54.4 Å². The molecule has 1 amide bonds. The first-order chi connectivity index (χ1) is 15.9. The summed E-state index contributed by atoms with van der Waals surface area (Å²) < 4.78 is 7.14.